The van der Waals surface area contributed by atoms with Gasteiger partial charge in [-0.05, 0) is 96.3 Å². The van der Waals surface area contributed by atoms with Crippen LogP contribution in [0, 0.1) is 0 Å². The van der Waals surface area contributed by atoms with Gasteiger partial charge < -0.3 is 39.9 Å². The average Bonchev–Trinajstić information content (AvgIpc) is 3.32. The lowest BCUT2D eigenvalue weighted by Crippen LogP contribution is -2.64. The van der Waals surface area contributed by atoms with E-state index in [0.717, 1.165) is 116 Å². The molecule has 1 rings (SSSR count). The molecule has 13 heteroatoms. The third-order valence-corrected chi connectivity index (χ3v) is 12.1. The second-order valence-electron chi connectivity index (χ2n) is 17.3. The first kappa shape index (κ1) is 63.0. The van der Waals surface area contributed by atoms with E-state index in [0.29, 0.717) is 13.0 Å². The molecule has 0 saturated heterocycles. The monoisotopic (exact) mass is 975 g/mol. The van der Waals surface area contributed by atoms with Gasteiger partial charge in [0.15, 0.2) is 0 Å². The molecule has 6 atom stereocenters. The standard InChI is InChI=1S/C55H91O12P/c1-3-5-7-9-11-13-15-17-19-21-23-24-25-26-27-28-30-32-34-36-38-40-42-44-49(56)66-48(47-65-68(62,63)67-55-53(60)51(58)50(57)52(59)54(55)61)46-64-45-43-41-39-37-35-33-31-29-22-20-18-16-14-12-10-8-6-4-2/h5-8,11-14,17-20,23-24,26-27,30,32,48,50-55,57-61H,3-4,9-10,15-16,21-22,25,28-29,31,33-47H2,1-2H3,(H,62,63)/b7-5-,8-6-,13-11-,14-12-,19-17-,20-18-,24-23-,27-26-,32-30-. The molecule has 12 nitrogen and oxygen atoms in total. The number of aliphatic hydroxyl groups excluding tert-OH is 5. The molecule has 0 radical (unpaired) electrons. The number of phosphoric ester groups is 1. The molecule has 0 aromatic carbocycles. The fourth-order valence-corrected chi connectivity index (χ4v) is 8.11. The maximum atomic E-state index is 12.9. The zero-order valence-electron chi connectivity index (χ0n) is 41.6. The maximum Gasteiger partial charge on any atom is 0.472 e. The highest BCUT2D eigenvalue weighted by Crippen LogP contribution is 2.47. The van der Waals surface area contributed by atoms with Gasteiger partial charge in [-0.3, -0.25) is 13.8 Å². The Bertz CT molecular complexity index is 1530. The Morgan fingerprint density at radius 3 is 1.25 bits per heavy atom. The van der Waals surface area contributed by atoms with Crippen molar-refractivity contribution in [2.75, 3.05) is 19.8 Å². The summed E-state index contributed by atoms with van der Waals surface area (Å²) in [5.41, 5.74) is 0. The molecule has 0 amide bonds. The molecule has 0 aliphatic heterocycles. The van der Waals surface area contributed by atoms with E-state index >= 15 is 0 Å². The molecular weight excluding hydrogens is 884 g/mol. The molecule has 0 aromatic rings. The molecule has 0 bridgehead atoms. The highest BCUT2D eigenvalue weighted by atomic mass is 31.2. The summed E-state index contributed by atoms with van der Waals surface area (Å²) in [7, 11) is -5.04. The molecule has 6 unspecified atom stereocenters. The molecule has 1 aliphatic carbocycles. The number of ether oxygens (including phenoxy) is 2. The van der Waals surface area contributed by atoms with Gasteiger partial charge in [-0.25, -0.2) is 4.57 Å². The number of phosphoric acid groups is 1. The lowest BCUT2D eigenvalue weighted by atomic mass is 9.85. The number of unbranched alkanes of at least 4 members (excludes halogenated alkanes) is 12. The van der Waals surface area contributed by atoms with E-state index in [-0.39, 0.29) is 13.0 Å². The first-order valence-corrected chi connectivity index (χ1v) is 27.2. The van der Waals surface area contributed by atoms with Crippen LogP contribution in [-0.2, 0) is 27.9 Å². The Hall–Kier alpha value is -3.00. The summed E-state index contributed by atoms with van der Waals surface area (Å²) in [6.45, 7) is 3.98. The van der Waals surface area contributed by atoms with E-state index in [9.17, 15) is 39.8 Å². The van der Waals surface area contributed by atoms with Crippen LogP contribution in [0.2, 0.25) is 0 Å². The smallest absolute Gasteiger partial charge is 0.457 e. The van der Waals surface area contributed by atoms with Gasteiger partial charge in [0.05, 0.1) is 13.2 Å². The number of aliphatic hydroxyl groups is 5. The van der Waals surface area contributed by atoms with Gasteiger partial charge in [-0.15, -0.1) is 0 Å². The van der Waals surface area contributed by atoms with Crippen molar-refractivity contribution in [1.29, 1.82) is 0 Å². The van der Waals surface area contributed by atoms with Gasteiger partial charge in [0.1, 0.15) is 42.7 Å². The molecule has 68 heavy (non-hydrogen) atoms. The lowest BCUT2D eigenvalue weighted by molar-refractivity contribution is -0.220. The highest BCUT2D eigenvalue weighted by Gasteiger charge is 2.51. The van der Waals surface area contributed by atoms with Crippen LogP contribution in [0.5, 0.6) is 0 Å². The Kier molecular flexibility index (Phi) is 40.8. The summed E-state index contributed by atoms with van der Waals surface area (Å²) < 4.78 is 34.3. The van der Waals surface area contributed by atoms with Crippen LogP contribution < -0.4 is 0 Å². The van der Waals surface area contributed by atoms with Crippen molar-refractivity contribution in [1.82, 2.24) is 0 Å². The molecule has 1 aliphatic rings. The van der Waals surface area contributed by atoms with E-state index in [1.54, 1.807) is 0 Å². The lowest BCUT2D eigenvalue weighted by Gasteiger charge is -2.41. The first-order chi connectivity index (χ1) is 33.0. The van der Waals surface area contributed by atoms with Crippen LogP contribution >= 0.6 is 7.82 Å². The Morgan fingerprint density at radius 2 is 0.824 bits per heavy atom. The van der Waals surface area contributed by atoms with Crippen LogP contribution in [0.4, 0.5) is 0 Å². The minimum atomic E-state index is -5.04. The van der Waals surface area contributed by atoms with Crippen LogP contribution in [0.3, 0.4) is 0 Å². The molecule has 1 fully saturated rings. The largest absolute Gasteiger partial charge is 0.472 e. The number of hydrogen-bond donors (Lipinski definition) is 6. The maximum absolute atomic E-state index is 12.9. The quantitative estimate of drug-likeness (QED) is 0.0147. The Balaban J connectivity index is 2.38. The number of esters is 1. The average molecular weight is 975 g/mol. The number of rotatable bonds is 42. The highest BCUT2D eigenvalue weighted by molar-refractivity contribution is 7.47. The zero-order chi connectivity index (χ0) is 49.8. The molecular formula is C55H91O12P. The van der Waals surface area contributed by atoms with Crippen molar-refractivity contribution < 1.29 is 58.3 Å². The number of allylic oxidation sites excluding steroid dienone is 18. The third-order valence-electron chi connectivity index (χ3n) is 11.1. The van der Waals surface area contributed by atoms with Crippen molar-refractivity contribution in [3.8, 4) is 0 Å². The van der Waals surface area contributed by atoms with Gasteiger partial charge in [-0.1, -0.05) is 175 Å². The Labute approximate surface area is 410 Å². The SMILES string of the molecule is CC/C=C\C/C=C\C/C=C\C/C=C\C/C=C\C/C=C\CCCCCCC(=O)OC(COCCCCCCCCCC/C=C\C/C=C\C/C=C\CC)COP(=O)(O)OC1C(O)C(O)C(O)C(O)C1O. The number of hydrogen-bond acceptors (Lipinski definition) is 11. The van der Waals surface area contributed by atoms with E-state index < -0.39 is 63.1 Å². The van der Waals surface area contributed by atoms with Crippen LogP contribution in [0.15, 0.2) is 109 Å². The van der Waals surface area contributed by atoms with E-state index in [2.05, 4.69) is 123 Å². The minimum absolute atomic E-state index is 0.100. The van der Waals surface area contributed by atoms with E-state index in [1.165, 1.54) is 25.7 Å². The molecule has 0 heterocycles. The number of carbonyl (C=O) groups excluding carboxylic acids is 1. The Morgan fingerprint density at radius 1 is 0.471 bits per heavy atom. The zero-order valence-corrected chi connectivity index (χ0v) is 42.5. The van der Waals surface area contributed by atoms with Crippen LogP contribution in [-0.4, -0.2) is 98.9 Å². The van der Waals surface area contributed by atoms with Crippen molar-refractivity contribution in [3.63, 3.8) is 0 Å². The summed E-state index contributed by atoms with van der Waals surface area (Å²) in [4.78, 5) is 23.3. The fraction of sp³-hybridized carbons (Fsp3) is 0.655. The summed E-state index contributed by atoms with van der Waals surface area (Å²) in [5, 5.41) is 50.3. The van der Waals surface area contributed by atoms with Gasteiger partial charge >= 0.3 is 13.8 Å². The van der Waals surface area contributed by atoms with Crippen LogP contribution in [0.1, 0.15) is 168 Å². The fourth-order valence-electron chi connectivity index (χ4n) is 7.14. The molecule has 0 aromatic heterocycles. The van der Waals surface area contributed by atoms with Gasteiger partial charge in [-0.2, -0.15) is 0 Å². The van der Waals surface area contributed by atoms with Crippen molar-refractivity contribution in [3.05, 3.63) is 109 Å². The first-order valence-electron chi connectivity index (χ1n) is 25.7. The van der Waals surface area contributed by atoms with E-state index in [4.69, 9.17) is 18.5 Å². The second kappa shape index (κ2) is 44.0. The second-order valence-corrected chi connectivity index (χ2v) is 18.7. The summed E-state index contributed by atoms with van der Waals surface area (Å²) >= 11 is 0. The van der Waals surface area contributed by atoms with E-state index in [1.807, 2.05) is 0 Å². The molecule has 388 valence electrons. The predicted molar refractivity (Wildman–Crippen MR) is 276 cm³/mol. The normalized spacial score (nSPS) is 22.1. The number of carbonyl (C=O) groups is 1. The van der Waals surface area contributed by atoms with Crippen molar-refractivity contribution in [2.24, 2.45) is 0 Å². The van der Waals surface area contributed by atoms with Gasteiger partial charge in [0.2, 0.25) is 0 Å². The predicted octanol–water partition coefficient (Wildman–Crippen LogP) is 11.6. The van der Waals surface area contributed by atoms with Gasteiger partial charge in [0, 0.05) is 13.0 Å². The summed E-state index contributed by atoms with van der Waals surface area (Å²) in [6, 6.07) is 0. The van der Waals surface area contributed by atoms with Gasteiger partial charge in [0.25, 0.3) is 0 Å². The molecule has 0 spiro atoms. The van der Waals surface area contributed by atoms with Crippen molar-refractivity contribution >= 4 is 13.8 Å². The molecule has 1 saturated carbocycles. The summed E-state index contributed by atoms with van der Waals surface area (Å²) in [6.07, 6.45) is 50.0. The van der Waals surface area contributed by atoms with Crippen molar-refractivity contribution in [2.45, 2.75) is 211 Å². The minimum Gasteiger partial charge on any atom is -0.457 e. The third kappa shape index (κ3) is 35.2. The molecule has 6 N–H and O–H groups in total. The topological polar surface area (TPSA) is 192 Å². The summed E-state index contributed by atoms with van der Waals surface area (Å²) in [5.74, 6) is -0.509. The van der Waals surface area contributed by atoms with Crippen LogP contribution in [0.25, 0.3) is 0 Å².